The summed E-state index contributed by atoms with van der Waals surface area (Å²) in [4.78, 5) is 0. The van der Waals surface area contributed by atoms with E-state index in [4.69, 9.17) is 4.74 Å². The zero-order valence-corrected chi connectivity index (χ0v) is 18.2. The predicted molar refractivity (Wildman–Crippen MR) is 117 cm³/mol. The van der Waals surface area contributed by atoms with Gasteiger partial charge in [-0.3, -0.25) is 0 Å². The molecule has 0 N–H and O–H groups in total. The van der Waals surface area contributed by atoms with Crippen LogP contribution in [-0.4, -0.2) is 12.8 Å². The molecule has 0 bridgehead atoms. The summed E-state index contributed by atoms with van der Waals surface area (Å²) in [5, 5.41) is 0. The van der Waals surface area contributed by atoms with Crippen molar-refractivity contribution in [2.24, 2.45) is 29.6 Å². The van der Waals surface area contributed by atoms with E-state index in [1.165, 1.54) is 38.5 Å². The van der Waals surface area contributed by atoms with E-state index >= 15 is 0 Å². The number of benzene rings is 1. The van der Waals surface area contributed by atoms with Gasteiger partial charge in [-0.1, -0.05) is 57.4 Å². The number of rotatable bonds is 9. The van der Waals surface area contributed by atoms with Crippen LogP contribution in [0.4, 0.5) is 13.2 Å². The largest absolute Gasteiger partial charge is 0.460 e. The summed E-state index contributed by atoms with van der Waals surface area (Å²) in [7, 11) is 0. The molecule has 168 valence electrons. The molecule has 0 heterocycles. The van der Waals surface area contributed by atoms with E-state index < -0.39 is 18.7 Å². The smallest absolute Gasteiger partial charge is 0.247 e. The van der Waals surface area contributed by atoms with Crippen molar-refractivity contribution in [3.8, 4) is 5.75 Å². The van der Waals surface area contributed by atoms with Gasteiger partial charge in [0.05, 0.1) is 5.92 Å². The highest BCUT2D eigenvalue weighted by atomic mass is 19.3. The van der Waals surface area contributed by atoms with E-state index in [1.54, 1.807) is 24.3 Å². The molecule has 0 saturated heterocycles. The summed E-state index contributed by atoms with van der Waals surface area (Å²) < 4.78 is 47.8. The molecule has 0 aliphatic heterocycles. The Hall–Kier alpha value is -1.45. The monoisotopic (exact) mass is 422 g/mol. The van der Waals surface area contributed by atoms with Crippen LogP contribution >= 0.6 is 0 Å². The minimum atomic E-state index is -2.71. The first-order valence-corrected chi connectivity index (χ1v) is 11.8. The molecule has 0 radical (unpaired) electrons. The van der Waals surface area contributed by atoms with Crippen LogP contribution in [0.2, 0.25) is 0 Å². The second-order valence-corrected chi connectivity index (χ2v) is 9.40. The minimum Gasteiger partial charge on any atom is -0.460 e. The van der Waals surface area contributed by atoms with Crippen LogP contribution in [0, 0.1) is 29.6 Å². The van der Waals surface area contributed by atoms with Crippen molar-refractivity contribution in [3.05, 3.63) is 36.4 Å². The van der Waals surface area contributed by atoms with E-state index in [0.717, 1.165) is 30.2 Å². The third-order valence-corrected chi connectivity index (χ3v) is 7.55. The molecule has 1 aromatic carbocycles. The maximum atomic E-state index is 14.9. The fraction of sp³-hybridized carbons (Fsp3) is 0.692. The van der Waals surface area contributed by atoms with E-state index in [2.05, 4.69) is 13.5 Å². The molecule has 2 aliphatic rings. The predicted octanol–water partition coefficient (Wildman–Crippen LogP) is 8.30. The average Bonchev–Trinajstić information content (AvgIpc) is 2.75. The van der Waals surface area contributed by atoms with E-state index in [1.807, 2.05) is 6.07 Å². The van der Waals surface area contributed by atoms with Gasteiger partial charge in [0.25, 0.3) is 0 Å². The van der Waals surface area contributed by atoms with Gasteiger partial charge in [0.1, 0.15) is 5.75 Å². The average molecular weight is 423 g/mol. The van der Waals surface area contributed by atoms with Crippen LogP contribution in [0.15, 0.2) is 30.8 Å². The van der Waals surface area contributed by atoms with Crippen molar-refractivity contribution in [1.29, 1.82) is 0 Å². The highest BCUT2D eigenvalue weighted by Crippen LogP contribution is 2.45. The molecule has 2 unspecified atom stereocenters. The van der Waals surface area contributed by atoms with Crippen LogP contribution in [-0.2, 0) is 0 Å². The number of ether oxygens (including phenoxy) is 1. The van der Waals surface area contributed by atoms with Crippen molar-refractivity contribution in [1.82, 2.24) is 0 Å². The van der Waals surface area contributed by atoms with Gasteiger partial charge in [-0.15, -0.1) is 0 Å². The Morgan fingerprint density at radius 1 is 1.00 bits per heavy atom. The van der Waals surface area contributed by atoms with Crippen LogP contribution in [0.5, 0.6) is 5.75 Å². The molecular formula is C26H37F3O. The lowest BCUT2D eigenvalue weighted by Gasteiger charge is -2.40. The van der Waals surface area contributed by atoms with Crippen molar-refractivity contribution in [3.63, 3.8) is 0 Å². The zero-order valence-electron chi connectivity index (χ0n) is 18.2. The molecular weight excluding hydrogens is 385 g/mol. The fourth-order valence-electron chi connectivity index (χ4n) is 5.82. The number of hydrogen-bond donors (Lipinski definition) is 0. The fourth-order valence-corrected chi connectivity index (χ4v) is 5.82. The molecule has 1 nitrogen and oxygen atoms in total. The van der Waals surface area contributed by atoms with Gasteiger partial charge in [0.15, 0.2) is 0 Å². The van der Waals surface area contributed by atoms with Gasteiger partial charge >= 0.3 is 0 Å². The van der Waals surface area contributed by atoms with E-state index in [-0.39, 0.29) is 11.7 Å². The molecule has 4 heteroatoms. The number of halogens is 3. The SMILES string of the molecule is C=Cc1cccc(OC(F)C(C(F)F)C2CCC(C3CCC(CCC)CC3)CC2)c1. The Kier molecular flexibility index (Phi) is 8.71. The molecule has 0 amide bonds. The van der Waals surface area contributed by atoms with Gasteiger partial charge in [-0.2, -0.15) is 0 Å². The van der Waals surface area contributed by atoms with Gasteiger partial charge in [0, 0.05) is 0 Å². The maximum absolute atomic E-state index is 14.9. The van der Waals surface area contributed by atoms with Crippen LogP contribution < -0.4 is 4.74 Å². The summed E-state index contributed by atoms with van der Waals surface area (Å²) in [6.45, 7) is 5.93. The summed E-state index contributed by atoms with van der Waals surface area (Å²) >= 11 is 0. The normalized spacial score (nSPS) is 29.4. The van der Waals surface area contributed by atoms with Crippen molar-refractivity contribution < 1.29 is 17.9 Å². The Balaban J connectivity index is 1.53. The first-order valence-electron chi connectivity index (χ1n) is 11.8. The zero-order chi connectivity index (χ0) is 21.5. The summed E-state index contributed by atoms with van der Waals surface area (Å²) in [6.07, 6.45) is 8.01. The molecule has 2 aliphatic carbocycles. The molecule has 30 heavy (non-hydrogen) atoms. The number of alkyl halides is 3. The lowest BCUT2D eigenvalue weighted by atomic mass is 9.67. The molecule has 0 aromatic heterocycles. The number of hydrogen-bond acceptors (Lipinski definition) is 1. The van der Waals surface area contributed by atoms with Crippen LogP contribution in [0.3, 0.4) is 0 Å². The third-order valence-electron chi connectivity index (χ3n) is 7.55. The van der Waals surface area contributed by atoms with Crippen molar-refractivity contribution in [2.75, 3.05) is 0 Å². The van der Waals surface area contributed by atoms with Crippen LogP contribution in [0.1, 0.15) is 76.7 Å². The summed E-state index contributed by atoms with van der Waals surface area (Å²) in [6, 6.07) is 6.77. The Morgan fingerprint density at radius 2 is 1.63 bits per heavy atom. The molecule has 0 spiro atoms. The quantitative estimate of drug-likeness (QED) is 0.389. The van der Waals surface area contributed by atoms with E-state index in [0.29, 0.717) is 18.8 Å². The standard InChI is InChI=1S/C26H37F3O/c1-3-6-19-9-11-20(12-10-19)21-13-15-22(16-14-21)24(25(27)28)26(29)30-23-8-5-7-18(4-2)17-23/h4-5,7-8,17,19-22,24-26H,2-3,6,9-16H2,1H3. The third kappa shape index (κ3) is 6.04. The van der Waals surface area contributed by atoms with Crippen LogP contribution in [0.25, 0.3) is 6.08 Å². The van der Waals surface area contributed by atoms with Gasteiger partial charge in [-0.05, 0) is 79.9 Å². The Bertz CT molecular complexity index is 645. The van der Waals surface area contributed by atoms with Gasteiger partial charge in [-0.25, -0.2) is 13.2 Å². The summed E-state index contributed by atoms with van der Waals surface area (Å²) in [5.41, 5.74) is 0.780. The molecule has 2 atom stereocenters. The Labute approximate surface area is 180 Å². The summed E-state index contributed by atoms with van der Waals surface area (Å²) in [5.74, 6) is 0.861. The minimum absolute atomic E-state index is 0.281. The van der Waals surface area contributed by atoms with Gasteiger partial charge in [0.2, 0.25) is 12.8 Å². The second kappa shape index (κ2) is 11.2. The van der Waals surface area contributed by atoms with Crippen molar-refractivity contribution >= 4 is 6.08 Å². The first-order chi connectivity index (χ1) is 14.5. The molecule has 3 rings (SSSR count). The highest BCUT2D eigenvalue weighted by molar-refractivity contribution is 5.49. The van der Waals surface area contributed by atoms with Gasteiger partial charge < -0.3 is 4.74 Å². The highest BCUT2D eigenvalue weighted by Gasteiger charge is 2.41. The molecule has 2 saturated carbocycles. The van der Waals surface area contributed by atoms with E-state index in [9.17, 15) is 13.2 Å². The lowest BCUT2D eigenvalue weighted by Crippen LogP contribution is -2.37. The maximum Gasteiger partial charge on any atom is 0.247 e. The Morgan fingerprint density at radius 3 is 2.20 bits per heavy atom. The second-order valence-electron chi connectivity index (χ2n) is 9.40. The molecule has 1 aromatic rings. The first kappa shape index (κ1) is 23.2. The molecule has 2 fully saturated rings. The lowest BCUT2D eigenvalue weighted by molar-refractivity contribution is -0.0948. The van der Waals surface area contributed by atoms with Crippen molar-refractivity contribution in [2.45, 2.75) is 83.9 Å². The topological polar surface area (TPSA) is 9.23 Å².